The number of carbonyl (C=O) groups excluding carboxylic acids is 1. The van der Waals surface area contributed by atoms with Gasteiger partial charge in [0.05, 0.1) is 0 Å². The number of hydrogen-bond donors (Lipinski definition) is 1. The van der Waals surface area contributed by atoms with Crippen molar-refractivity contribution in [3.05, 3.63) is 12.7 Å². The Bertz CT molecular complexity index is 104. The third-order valence-corrected chi connectivity index (χ3v) is 0.855. The van der Waals surface area contributed by atoms with E-state index in [1.807, 2.05) is 0 Å². The summed E-state index contributed by atoms with van der Waals surface area (Å²) in [7, 11) is 0. The molecule has 0 bridgehead atoms. The summed E-state index contributed by atoms with van der Waals surface area (Å²) in [4.78, 5) is 9.94. The molecule has 1 N–H and O–H groups in total. The molecule has 0 radical (unpaired) electrons. The summed E-state index contributed by atoms with van der Waals surface area (Å²) in [5.74, 6) is 0. The number of halogens is 2. The second-order valence-corrected chi connectivity index (χ2v) is 1.87. The molecule has 4 heteroatoms. The molecule has 1 unspecified atom stereocenters. The van der Waals surface area contributed by atoms with Crippen molar-refractivity contribution >= 4 is 28.6 Å². The molecule has 1 amide bonds. The molecule has 8 heavy (non-hydrogen) atoms. The van der Waals surface area contributed by atoms with Crippen molar-refractivity contribution < 1.29 is 4.79 Å². The Morgan fingerprint density at radius 2 is 2.38 bits per heavy atom. The first kappa shape index (κ1) is 7.79. The summed E-state index contributed by atoms with van der Waals surface area (Å²) in [6.45, 7) is 3.31. The highest BCUT2D eigenvalue weighted by Gasteiger charge is 1.98. The topological polar surface area (TPSA) is 29.1 Å². The Kier molecular flexibility index (Phi) is 3.65. The average Bonchev–Trinajstić information content (AvgIpc) is 1.65. The molecule has 0 saturated heterocycles. The summed E-state index contributed by atoms with van der Waals surface area (Å²) in [6.07, 6.45) is 1.36. The molecule has 0 rings (SSSR count). The maximum atomic E-state index is 9.94. The van der Waals surface area contributed by atoms with E-state index in [0.717, 1.165) is 0 Å². The van der Waals surface area contributed by atoms with E-state index in [2.05, 4.69) is 11.9 Å². The highest BCUT2D eigenvalue weighted by atomic mass is 35.5. The van der Waals surface area contributed by atoms with Crippen LogP contribution in [0.2, 0.25) is 0 Å². The smallest absolute Gasteiger partial charge is 0.315 e. The van der Waals surface area contributed by atoms with Gasteiger partial charge in [0.25, 0.3) is 0 Å². The second kappa shape index (κ2) is 3.75. The van der Waals surface area contributed by atoms with Crippen LogP contribution in [0.25, 0.3) is 0 Å². The molecule has 2 nitrogen and oxygen atoms in total. The third kappa shape index (κ3) is 3.96. The SMILES string of the molecule is C=CC(Cl)NC(=O)Cl. The van der Waals surface area contributed by atoms with Crippen molar-refractivity contribution in [2.24, 2.45) is 0 Å². The van der Waals surface area contributed by atoms with Crippen molar-refractivity contribution in [2.45, 2.75) is 5.50 Å². The Labute approximate surface area is 57.5 Å². The summed E-state index contributed by atoms with van der Waals surface area (Å²) in [5, 5.41) is 1.49. The first-order valence-electron chi connectivity index (χ1n) is 1.89. The zero-order valence-corrected chi connectivity index (χ0v) is 5.54. The van der Waals surface area contributed by atoms with Crippen LogP contribution in [0.1, 0.15) is 0 Å². The minimum absolute atomic E-state index is 0.569. The Morgan fingerprint density at radius 1 is 1.88 bits per heavy atom. The molecule has 0 aliphatic heterocycles. The molecule has 0 fully saturated rings. The van der Waals surface area contributed by atoms with Crippen LogP contribution in [0.5, 0.6) is 0 Å². The molecular weight excluding hydrogens is 149 g/mol. The van der Waals surface area contributed by atoms with E-state index >= 15 is 0 Å². The maximum absolute atomic E-state index is 9.94. The lowest BCUT2D eigenvalue weighted by Gasteiger charge is -1.99. The largest absolute Gasteiger partial charge is 0.323 e. The van der Waals surface area contributed by atoms with Crippen LogP contribution in [0.15, 0.2) is 12.7 Å². The standard InChI is InChI=1S/C4H5Cl2NO/c1-2-3(5)7-4(6)8/h2-3H,1H2,(H,7,8). The van der Waals surface area contributed by atoms with Gasteiger partial charge in [0.2, 0.25) is 0 Å². The lowest BCUT2D eigenvalue weighted by molar-refractivity contribution is 0.260. The van der Waals surface area contributed by atoms with Crippen LogP contribution >= 0.6 is 23.2 Å². The molecule has 0 aromatic rings. The van der Waals surface area contributed by atoms with Crippen molar-refractivity contribution in [2.75, 3.05) is 0 Å². The molecule has 0 aliphatic carbocycles. The van der Waals surface area contributed by atoms with Gasteiger partial charge in [0.1, 0.15) is 5.50 Å². The van der Waals surface area contributed by atoms with Gasteiger partial charge >= 0.3 is 5.37 Å². The van der Waals surface area contributed by atoms with Crippen LogP contribution in [0, 0.1) is 0 Å². The first-order valence-corrected chi connectivity index (χ1v) is 2.71. The van der Waals surface area contributed by atoms with Crippen molar-refractivity contribution in [1.29, 1.82) is 0 Å². The summed E-state index contributed by atoms with van der Waals surface area (Å²) in [6, 6.07) is 0. The quantitative estimate of drug-likeness (QED) is 0.279. The number of alkyl halides is 1. The number of hydrogen-bond acceptors (Lipinski definition) is 1. The zero-order chi connectivity index (χ0) is 6.57. The van der Waals surface area contributed by atoms with E-state index in [4.69, 9.17) is 23.2 Å². The lowest BCUT2D eigenvalue weighted by atomic mass is 10.6. The molecule has 0 spiro atoms. The van der Waals surface area contributed by atoms with Crippen LogP contribution in [0.3, 0.4) is 0 Å². The van der Waals surface area contributed by atoms with E-state index in [1.54, 1.807) is 0 Å². The molecule has 0 aromatic heterocycles. The molecule has 0 saturated carbocycles. The number of rotatable bonds is 2. The minimum atomic E-state index is -0.676. The Balaban J connectivity index is 3.38. The van der Waals surface area contributed by atoms with Gasteiger partial charge in [-0.25, -0.2) is 0 Å². The summed E-state index contributed by atoms with van der Waals surface area (Å²) in [5.41, 5.74) is -0.569. The molecule has 0 heterocycles. The molecule has 0 aliphatic rings. The highest BCUT2D eigenvalue weighted by molar-refractivity contribution is 6.63. The van der Waals surface area contributed by atoms with Gasteiger partial charge < -0.3 is 5.32 Å². The minimum Gasteiger partial charge on any atom is -0.323 e. The van der Waals surface area contributed by atoms with E-state index in [9.17, 15) is 4.79 Å². The zero-order valence-electron chi connectivity index (χ0n) is 4.03. The monoisotopic (exact) mass is 153 g/mol. The van der Waals surface area contributed by atoms with Gasteiger partial charge in [-0.05, 0) is 11.6 Å². The summed E-state index contributed by atoms with van der Waals surface area (Å²) >= 11 is 10.2. The molecule has 46 valence electrons. The maximum Gasteiger partial charge on any atom is 0.315 e. The first-order chi connectivity index (χ1) is 3.66. The molecular formula is C4H5Cl2NO. The normalized spacial score (nSPS) is 12.2. The second-order valence-electron chi connectivity index (χ2n) is 1.06. The average molecular weight is 154 g/mol. The molecule has 0 aromatic carbocycles. The third-order valence-electron chi connectivity index (χ3n) is 0.458. The van der Waals surface area contributed by atoms with Gasteiger partial charge in [-0.1, -0.05) is 24.3 Å². The van der Waals surface area contributed by atoms with Crippen LogP contribution in [-0.4, -0.2) is 10.9 Å². The number of amides is 1. The van der Waals surface area contributed by atoms with Gasteiger partial charge in [-0.3, -0.25) is 4.79 Å². The fourth-order valence-corrected chi connectivity index (χ4v) is 0.440. The van der Waals surface area contributed by atoms with E-state index in [1.165, 1.54) is 6.08 Å². The van der Waals surface area contributed by atoms with Crippen LogP contribution in [0.4, 0.5) is 4.79 Å². The van der Waals surface area contributed by atoms with Gasteiger partial charge in [-0.2, -0.15) is 0 Å². The van der Waals surface area contributed by atoms with E-state index < -0.39 is 10.9 Å². The van der Waals surface area contributed by atoms with Gasteiger partial charge in [-0.15, -0.1) is 0 Å². The highest BCUT2D eigenvalue weighted by Crippen LogP contribution is 1.91. The lowest BCUT2D eigenvalue weighted by Crippen LogP contribution is -2.23. The van der Waals surface area contributed by atoms with Crippen LogP contribution < -0.4 is 5.32 Å². The van der Waals surface area contributed by atoms with Crippen molar-refractivity contribution in [1.82, 2.24) is 5.32 Å². The van der Waals surface area contributed by atoms with Crippen LogP contribution in [-0.2, 0) is 0 Å². The Hall–Kier alpha value is -0.210. The fraction of sp³-hybridized carbons (Fsp3) is 0.250. The number of carbonyl (C=O) groups is 1. The predicted molar refractivity (Wildman–Crippen MR) is 34.2 cm³/mol. The van der Waals surface area contributed by atoms with Crippen molar-refractivity contribution in [3.8, 4) is 0 Å². The predicted octanol–water partition coefficient (Wildman–Crippen LogP) is 1.69. The van der Waals surface area contributed by atoms with Gasteiger partial charge in [0.15, 0.2) is 0 Å². The molecule has 1 atom stereocenters. The summed E-state index contributed by atoms with van der Waals surface area (Å²) < 4.78 is 0. The van der Waals surface area contributed by atoms with E-state index in [0.29, 0.717) is 0 Å². The van der Waals surface area contributed by atoms with Gasteiger partial charge in [0, 0.05) is 0 Å². The van der Waals surface area contributed by atoms with E-state index in [-0.39, 0.29) is 0 Å². The Morgan fingerprint density at radius 3 is 2.50 bits per heavy atom. The number of nitrogens with one attached hydrogen (secondary N) is 1. The fourth-order valence-electron chi connectivity index (χ4n) is 0.167. The van der Waals surface area contributed by atoms with Crippen molar-refractivity contribution in [3.63, 3.8) is 0 Å².